The van der Waals surface area contributed by atoms with Crippen molar-refractivity contribution >= 4 is 34.8 Å². The summed E-state index contributed by atoms with van der Waals surface area (Å²) in [7, 11) is 4.65. The normalized spacial score (nSPS) is 15.1. The van der Waals surface area contributed by atoms with Gasteiger partial charge in [0.05, 0.1) is 30.2 Å². The van der Waals surface area contributed by atoms with Crippen molar-refractivity contribution in [3.05, 3.63) is 63.1 Å². The van der Waals surface area contributed by atoms with Gasteiger partial charge in [-0.1, -0.05) is 29.3 Å². The second-order valence-electron chi connectivity index (χ2n) is 8.11. The molecule has 0 heterocycles. The quantitative estimate of drug-likeness (QED) is 0.600. The number of carbonyl (C=O) groups excluding carboxylic acids is 1. The first kappa shape index (κ1) is 20.2. The van der Waals surface area contributed by atoms with Crippen molar-refractivity contribution in [1.82, 2.24) is 0 Å². The number of hydrogen-bond acceptors (Lipinski definition) is 1. The minimum Gasteiger partial charge on any atom is -0.322 e. The first-order valence-corrected chi connectivity index (χ1v) is 10.2. The molecule has 1 aliphatic carbocycles. The molecule has 0 atom stereocenters. The Balaban J connectivity index is 1.70. The molecule has 1 fully saturated rings. The Kier molecular flexibility index (Phi) is 6.15. The molecule has 27 heavy (non-hydrogen) atoms. The summed E-state index contributed by atoms with van der Waals surface area (Å²) in [6, 6.07) is 11.9. The standard InChI is InChI=1S/C22H26Cl2N2O/c1-15-12-16(14-26(2,3)18-6-4-5-7-18)8-11-21(15)25-22(27)17-9-10-19(23)20(24)13-17/h8-13,18H,4-7,14H2,1-3H3/p+1. The zero-order valence-corrected chi connectivity index (χ0v) is 17.7. The number of carbonyl (C=O) groups is 1. The summed E-state index contributed by atoms with van der Waals surface area (Å²) in [6.07, 6.45) is 5.35. The Morgan fingerprint density at radius 2 is 1.78 bits per heavy atom. The highest BCUT2D eigenvalue weighted by molar-refractivity contribution is 6.42. The van der Waals surface area contributed by atoms with Crippen molar-refractivity contribution in [1.29, 1.82) is 0 Å². The van der Waals surface area contributed by atoms with Gasteiger partial charge in [-0.2, -0.15) is 0 Å². The van der Waals surface area contributed by atoms with E-state index < -0.39 is 0 Å². The summed E-state index contributed by atoms with van der Waals surface area (Å²) < 4.78 is 1.02. The van der Waals surface area contributed by atoms with Gasteiger partial charge in [0.2, 0.25) is 0 Å². The molecular weight excluding hydrogens is 379 g/mol. The molecule has 1 saturated carbocycles. The monoisotopic (exact) mass is 405 g/mol. The van der Waals surface area contributed by atoms with E-state index in [4.69, 9.17) is 23.2 Å². The highest BCUT2D eigenvalue weighted by Gasteiger charge is 2.31. The Morgan fingerprint density at radius 3 is 2.41 bits per heavy atom. The molecular formula is C22H27Cl2N2O+. The zero-order valence-electron chi connectivity index (χ0n) is 16.2. The molecule has 0 bridgehead atoms. The average Bonchev–Trinajstić information content (AvgIpc) is 3.15. The van der Waals surface area contributed by atoms with Crippen molar-refractivity contribution in [3.63, 3.8) is 0 Å². The summed E-state index contributed by atoms with van der Waals surface area (Å²) in [5.41, 5.74) is 3.68. The number of aryl methyl sites for hydroxylation is 1. The Morgan fingerprint density at radius 1 is 1.07 bits per heavy atom. The molecule has 3 rings (SSSR count). The number of amides is 1. The lowest BCUT2D eigenvalue weighted by Gasteiger charge is -2.36. The van der Waals surface area contributed by atoms with Crippen LogP contribution in [0, 0.1) is 6.92 Å². The van der Waals surface area contributed by atoms with Crippen LogP contribution in [0.3, 0.4) is 0 Å². The largest absolute Gasteiger partial charge is 0.322 e. The molecule has 0 aromatic heterocycles. The molecule has 1 aliphatic rings. The second-order valence-corrected chi connectivity index (χ2v) is 8.92. The molecule has 1 amide bonds. The number of halogens is 2. The minimum absolute atomic E-state index is 0.188. The average molecular weight is 406 g/mol. The van der Waals surface area contributed by atoms with Crippen LogP contribution in [-0.2, 0) is 6.54 Å². The lowest BCUT2D eigenvalue weighted by Crippen LogP contribution is -2.46. The van der Waals surface area contributed by atoms with Crippen LogP contribution in [0.4, 0.5) is 5.69 Å². The predicted octanol–water partition coefficient (Wildman–Crippen LogP) is 6.07. The topological polar surface area (TPSA) is 29.1 Å². The van der Waals surface area contributed by atoms with Gasteiger partial charge in [-0.05, 0) is 68.5 Å². The van der Waals surface area contributed by atoms with E-state index >= 15 is 0 Å². The summed E-state index contributed by atoms with van der Waals surface area (Å²) in [5, 5.41) is 3.79. The SMILES string of the molecule is Cc1cc(C[N+](C)(C)C2CCCC2)ccc1NC(=O)c1ccc(Cl)c(Cl)c1. The molecule has 0 unspecified atom stereocenters. The van der Waals surface area contributed by atoms with E-state index in [1.54, 1.807) is 18.2 Å². The zero-order chi connectivity index (χ0) is 19.6. The van der Waals surface area contributed by atoms with Crippen LogP contribution in [0.5, 0.6) is 0 Å². The van der Waals surface area contributed by atoms with E-state index in [0.29, 0.717) is 15.6 Å². The molecule has 2 aromatic carbocycles. The maximum atomic E-state index is 12.5. The fourth-order valence-electron chi connectivity index (χ4n) is 4.00. The van der Waals surface area contributed by atoms with Crippen molar-refractivity contribution in [2.45, 2.75) is 45.2 Å². The summed E-state index contributed by atoms with van der Waals surface area (Å²) >= 11 is 11.9. The van der Waals surface area contributed by atoms with E-state index in [2.05, 4.69) is 31.5 Å². The molecule has 0 saturated heterocycles. The molecule has 0 spiro atoms. The molecule has 144 valence electrons. The third-order valence-electron chi connectivity index (χ3n) is 5.62. The molecule has 2 aromatic rings. The number of nitrogens with one attached hydrogen (secondary N) is 1. The fourth-order valence-corrected chi connectivity index (χ4v) is 4.30. The van der Waals surface area contributed by atoms with Crippen molar-refractivity contribution < 1.29 is 9.28 Å². The van der Waals surface area contributed by atoms with Crippen molar-refractivity contribution in [3.8, 4) is 0 Å². The molecule has 0 aliphatic heterocycles. The van der Waals surface area contributed by atoms with Gasteiger partial charge < -0.3 is 9.80 Å². The lowest BCUT2D eigenvalue weighted by atomic mass is 10.1. The van der Waals surface area contributed by atoms with Gasteiger partial charge in [-0.15, -0.1) is 0 Å². The Bertz CT molecular complexity index is 842. The lowest BCUT2D eigenvalue weighted by molar-refractivity contribution is -0.927. The van der Waals surface area contributed by atoms with Gasteiger partial charge in [0.1, 0.15) is 6.54 Å². The van der Waals surface area contributed by atoms with E-state index in [0.717, 1.165) is 28.3 Å². The fraction of sp³-hybridized carbons (Fsp3) is 0.409. The number of hydrogen-bond donors (Lipinski definition) is 1. The highest BCUT2D eigenvalue weighted by atomic mass is 35.5. The second kappa shape index (κ2) is 8.22. The summed E-state index contributed by atoms with van der Waals surface area (Å²) in [4.78, 5) is 12.5. The van der Waals surface area contributed by atoms with Gasteiger partial charge in [-0.25, -0.2) is 0 Å². The van der Waals surface area contributed by atoms with Crippen LogP contribution in [0.25, 0.3) is 0 Å². The van der Waals surface area contributed by atoms with E-state index in [1.165, 1.54) is 31.2 Å². The van der Waals surface area contributed by atoms with Crippen LogP contribution in [0.2, 0.25) is 10.0 Å². The van der Waals surface area contributed by atoms with Crippen LogP contribution in [0.15, 0.2) is 36.4 Å². The first-order chi connectivity index (χ1) is 12.8. The molecule has 3 nitrogen and oxygen atoms in total. The maximum absolute atomic E-state index is 12.5. The molecule has 5 heteroatoms. The highest BCUT2D eigenvalue weighted by Crippen LogP contribution is 2.29. The van der Waals surface area contributed by atoms with E-state index in [1.807, 2.05) is 13.0 Å². The maximum Gasteiger partial charge on any atom is 0.255 e. The number of nitrogens with zero attached hydrogens (tertiary/aromatic N) is 1. The van der Waals surface area contributed by atoms with Gasteiger partial charge in [-0.3, -0.25) is 4.79 Å². The van der Waals surface area contributed by atoms with Crippen molar-refractivity contribution in [2.75, 3.05) is 19.4 Å². The molecule has 0 radical (unpaired) electrons. The predicted molar refractivity (Wildman–Crippen MR) is 114 cm³/mol. The van der Waals surface area contributed by atoms with Gasteiger partial charge in [0.25, 0.3) is 5.91 Å². The van der Waals surface area contributed by atoms with Gasteiger partial charge in [0.15, 0.2) is 0 Å². The van der Waals surface area contributed by atoms with E-state index in [-0.39, 0.29) is 5.91 Å². The third kappa shape index (κ3) is 4.84. The summed E-state index contributed by atoms with van der Waals surface area (Å²) in [6.45, 7) is 3.04. The van der Waals surface area contributed by atoms with Crippen molar-refractivity contribution in [2.24, 2.45) is 0 Å². The third-order valence-corrected chi connectivity index (χ3v) is 6.36. The van der Waals surface area contributed by atoms with Crippen LogP contribution >= 0.6 is 23.2 Å². The molecule has 1 N–H and O–H groups in total. The number of benzene rings is 2. The minimum atomic E-state index is -0.188. The smallest absolute Gasteiger partial charge is 0.255 e. The number of rotatable bonds is 5. The van der Waals surface area contributed by atoms with Gasteiger partial charge >= 0.3 is 0 Å². The Hall–Kier alpha value is -1.55. The number of anilines is 1. The first-order valence-electron chi connectivity index (χ1n) is 9.45. The Labute approximate surface area is 171 Å². The summed E-state index contributed by atoms with van der Waals surface area (Å²) in [5.74, 6) is -0.188. The van der Waals surface area contributed by atoms with Crippen LogP contribution in [0.1, 0.15) is 47.2 Å². The van der Waals surface area contributed by atoms with Crippen LogP contribution < -0.4 is 5.32 Å². The number of quaternary nitrogens is 1. The van der Waals surface area contributed by atoms with Gasteiger partial charge in [0, 0.05) is 16.8 Å². The van der Waals surface area contributed by atoms with Crippen LogP contribution in [-0.4, -0.2) is 30.5 Å². The van der Waals surface area contributed by atoms with E-state index in [9.17, 15) is 4.79 Å².